The Hall–Kier alpha value is -1.79. The summed E-state index contributed by atoms with van der Waals surface area (Å²) < 4.78 is 18.7. The number of hydrogen-bond donors (Lipinski definition) is 0. The van der Waals surface area contributed by atoms with Gasteiger partial charge in [0.1, 0.15) is 6.10 Å². The number of carbonyl (C=O) groups is 1. The second-order valence-electron chi connectivity index (χ2n) is 11.0. The Balaban J connectivity index is 1.64. The minimum atomic E-state index is -2.51. The summed E-state index contributed by atoms with van der Waals surface area (Å²) in [5.74, 6) is -0.672. The van der Waals surface area contributed by atoms with Crippen LogP contribution in [0, 0.1) is 0 Å². The van der Waals surface area contributed by atoms with Gasteiger partial charge in [-0.1, -0.05) is 101 Å². The number of carbonyl (C=O) groups excluding carboxylic acids is 1. The van der Waals surface area contributed by atoms with Gasteiger partial charge in [0, 0.05) is 6.10 Å². The Bertz CT molecular complexity index is 852. The van der Waals surface area contributed by atoms with Crippen LogP contribution in [0.25, 0.3) is 0 Å². The molecule has 186 valence electrons. The SMILES string of the molecule is C[C@@H](CCCCC[C@@H]1OC(C)(C)O[C@H]1C=O)O[Si](c1ccccc1)(c1ccccc1)C(C)(C)C. The molecular formula is C29H42O4Si. The molecule has 1 aliphatic heterocycles. The van der Waals surface area contributed by atoms with Crippen molar-refractivity contribution in [1.82, 2.24) is 0 Å². The molecule has 3 rings (SSSR count). The zero-order valence-corrected chi connectivity index (χ0v) is 22.8. The Morgan fingerprint density at radius 2 is 1.50 bits per heavy atom. The van der Waals surface area contributed by atoms with Crippen molar-refractivity contribution in [1.29, 1.82) is 0 Å². The molecule has 0 saturated carbocycles. The van der Waals surface area contributed by atoms with Crippen molar-refractivity contribution in [2.45, 2.75) is 103 Å². The summed E-state index contributed by atoms with van der Waals surface area (Å²) in [5.41, 5.74) is 0. The Kier molecular flexibility index (Phi) is 8.91. The van der Waals surface area contributed by atoms with Gasteiger partial charge in [-0.2, -0.15) is 0 Å². The summed E-state index contributed by atoms with van der Waals surface area (Å²) in [7, 11) is -2.51. The summed E-state index contributed by atoms with van der Waals surface area (Å²) in [5, 5.41) is 2.63. The fourth-order valence-electron chi connectivity index (χ4n) is 5.21. The van der Waals surface area contributed by atoms with Crippen molar-refractivity contribution >= 4 is 25.0 Å². The van der Waals surface area contributed by atoms with E-state index >= 15 is 0 Å². The van der Waals surface area contributed by atoms with Crippen LogP contribution in [0.2, 0.25) is 5.04 Å². The first-order chi connectivity index (χ1) is 16.1. The molecule has 34 heavy (non-hydrogen) atoms. The Labute approximate surface area is 207 Å². The molecule has 1 saturated heterocycles. The molecule has 0 bridgehead atoms. The molecule has 0 spiro atoms. The van der Waals surface area contributed by atoms with Crippen LogP contribution in [-0.4, -0.2) is 38.7 Å². The number of unbranched alkanes of at least 4 members (excludes halogenated alkanes) is 2. The van der Waals surface area contributed by atoms with Crippen LogP contribution in [0.1, 0.15) is 73.6 Å². The molecule has 5 heteroatoms. The van der Waals surface area contributed by atoms with Crippen molar-refractivity contribution in [2.75, 3.05) is 0 Å². The minimum absolute atomic E-state index is 0.0135. The number of rotatable bonds is 11. The topological polar surface area (TPSA) is 44.8 Å². The zero-order valence-electron chi connectivity index (χ0n) is 21.8. The lowest BCUT2D eigenvalue weighted by molar-refractivity contribution is -0.150. The first-order valence-corrected chi connectivity index (χ1v) is 14.6. The third-order valence-electron chi connectivity index (χ3n) is 6.75. The van der Waals surface area contributed by atoms with Crippen molar-refractivity contribution in [3.63, 3.8) is 0 Å². The highest BCUT2D eigenvalue weighted by Gasteiger charge is 2.50. The van der Waals surface area contributed by atoms with Crippen LogP contribution in [0.5, 0.6) is 0 Å². The van der Waals surface area contributed by atoms with Crippen LogP contribution in [-0.2, 0) is 18.7 Å². The maximum absolute atomic E-state index is 11.3. The molecule has 1 fully saturated rings. The molecule has 3 atom stereocenters. The Morgan fingerprint density at radius 1 is 0.941 bits per heavy atom. The summed E-state index contributed by atoms with van der Waals surface area (Å²) in [6.45, 7) is 12.9. The molecule has 0 unspecified atom stereocenters. The summed E-state index contributed by atoms with van der Waals surface area (Å²) in [4.78, 5) is 11.3. The van der Waals surface area contributed by atoms with E-state index in [9.17, 15) is 4.79 Å². The molecule has 4 nitrogen and oxygen atoms in total. The number of ether oxygens (including phenoxy) is 2. The standard InChI is InChI=1S/C29H42O4Si/c1-23(16-10-7-15-21-26-27(22-30)32-29(5,6)31-26)33-34(28(2,3)4,24-17-11-8-12-18-24)25-19-13-9-14-20-25/h8-9,11-14,17-20,22-23,26-27H,7,10,15-16,21H2,1-6H3/t23-,26-,27-/m0/s1. The summed E-state index contributed by atoms with van der Waals surface area (Å²) in [6, 6.07) is 21.6. The van der Waals surface area contributed by atoms with E-state index in [2.05, 4.69) is 88.4 Å². The van der Waals surface area contributed by atoms with Crippen molar-refractivity contribution < 1.29 is 18.7 Å². The van der Waals surface area contributed by atoms with Gasteiger partial charge in [-0.3, -0.25) is 0 Å². The van der Waals surface area contributed by atoms with E-state index in [-0.39, 0.29) is 17.2 Å². The maximum Gasteiger partial charge on any atom is 0.261 e. The molecule has 1 heterocycles. The highest BCUT2D eigenvalue weighted by Crippen LogP contribution is 2.38. The van der Waals surface area contributed by atoms with Gasteiger partial charge in [0.25, 0.3) is 8.32 Å². The van der Waals surface area contributed by atoms with Crippen LogP contribution in [0.15, 0.2) is 60.7 Å². The predicted octanol–water partition coefficient (Wildman–Crippen LogP) is 5.62. The lowest BCUT2D eigenvalue weighted by Gasteiger charge is -2.44. The average Bonchev–Trinajstić information content (AvgIpc) is 3.11. The molecule has 0 aromatic heterocycles. The maximum atomic E-state index is 11.3. The molecule has 2 aromatic rings. The van der Waals surface area contributed by atoms with Crippen LogP contribution in [0.4, 0.5) is 0 Å². The molecule has 1 aliphatic rings. The minimum Gasteiger partial charge on any atom is -0.405 e. The van der Waals surface area contributed by atoms with Crippen molar-refractivity contribution in [3.8, 4) is 0 Å². The fraction of sp³-hybridized carbons (Fsp3) is 0.552. The molecule has 2 aromatic carbocycles. The highest BCUT2D eigenvalue weighted by atomic mass is 28.4. The van der Waals surface area contributed by atoms with Gasteiger partial charge in [0.05, 0.1) is 6.10 Å². The van der Waals surface area contributed by atoms with E-state index in [1.807, 2.05) is 13.8 Å². The fourth-order valence-corrected chi connectivity index (χ4v) is 9.94. The quantitative estimate of drug-likeness (QED) is 0.237. The van der Waals surface area contributed by atoms with Gasteiger partial charge < -0.3 is 18.7 Å². The normalized spacial score (nSPS) is 21.4. The lowest BCUT2D eigenvalue weighted by atomic mass is 10.0. The highest BCUT2D eigenvalue weighted by molar-refractivity contribution is 6.99. The third-order valence-corrected chi connectivity index (χ3v) is 11.9. The van der Waals surface area contributed by atoms with Crippen molar-refractivity contribution in [3.05, 3.63) is 60.7 Å². The van der Waals surface area contributed by atoms with E-state index in [4.69, 9.17) is 13.9 Å². The van der Waals surface area contributed by atoms with Crippen molar-refractivity contribution in [2.24, 2.45) is 0 Å². The van der Waals surface area contributed by atoms with E-state index in [0.29, 0.717) is 0 Å². The third kappa shape index (κ3) is 6.25. The van der Waals surface area contributed by atoms with Gasteiger partial charge in [-0.05, 0) is 49.0 Å². The van der Waals surface area contributed by atoms with Gasteiger partial charge in [0.2, 0.25) is 0 Å². The van der Waals surface area contributed by atoms with Crippen LogP contribution in [0.3, 0.4) is 0 Å². The Morgan fingerprint density at radius 3 is 2.00 bits per heavy atom. The van der Waals surface area contributed by atoms with E-state index < -0.39 is 20.2 Å². The second-order valence-corrected chi connectivity index (χ2v) is 15.3. The molecule has 0 aliphatic carbocycles. The first kappa shape index (κ1) is 26.8. The zero-order chi connectivity index (χ0) is 24.8. The lowest BCUT2D eigenvalue weighted by Crippen LogP contribution is -2.67. The summed E-state index contributed by atoms with van der Waals surface area (Å²) >= 11 is 0. The monoisotopic (exact) mass is 482 g/mol. The van der Waals surface area contributed by atoms with E-state index in [1.165, 1.54) is 10.4 Å². The first-order valence-electron chi connectivity index (χ1n) is 12.7. The number of hydrogen-bond acceptors (Lipinski definition) is 4. The predicted molar refractivity (Wildman–Crippen MR) is 141 cm³/mol. The number of benzene rings is 2. The van der Waals surface area contributed by atoms with Gasteiger partial charge in [-0.15, -0.1) is 0 Å². The smallest absolute Gasteiger partial charge is 0.261 e. The van der Waals surface area contributed by atoms with Crippen LogP contribution < -0.4 is 10.4 Å². The van der Waals surface area contributed by atoms with Crippen LogP contribution >= 0.6 is 0 Å². The molecule has 0 radical (unpaired) electrons. The second kappa shape index (κ2) is 11.3. The van der Waals surface area contributed by atoms with Gasteiger partial charge in [-0.25, -0.2) is 0 Å². The molecular weight excluding hydrogens is 440 g/mol. The van der Waals surface area contributed by atoms with E-state index in [1.54, 1.807) is 0 Å². The van der Waals surface area contributed by atoms with Gasteiger partial charge in [0.15, 0.2) is 12.1 Å². The van der Waals surface area contributed by atoms with Gasteiger partial charge >= 0.3 is 0 Å². The largest absolute Gasteiger partial charge is 0.405 e. The van der Waals surface area contributed by atoms with E-state index in [0.717, 1.165) is 38.4 Å². The molecule has 0 amide bonds. The number of aldehydes is 1. The summed E-state index contributed by atoms with van der Waals surface area (Å²) in [6.07, 6.45) is 5.47. The molecule has 0 N–H and O–H groups in total. The average molecular weight is 483 g/mol.